The zero-order valence-corrected chi connectivity index (χ0v) is 10.1. The molecular formula is C10H12F3N3O4. The standard InChI is InChI=1S/C10H12F3N3O4/c11-10(12,13)4-2-16(9(19)15-8(4)18)7-1-5(14)6(3-17)20-7/h2,5-7,17H,1,3,14H2,(H,15,18,19)/t5-,6+,7+/m0/s1. The summed E-state index contributed by atoms with van der Waals surface area (Å²) in [6.07, 6.45) is -6.27. The van der Waals surface area contributed by atoms with E-state index in [-0.39, 0.29) is 6.42 Å². The number of aromatic nitrogens is 2. The lowest BCUT2D eigenvalue weighted by molar-refractivity contribution is -0.139. The van der Waals surface area contributed by atoms with Crippen LogP contribution in [0, 0.1) is 0 Å². The predicted octanol–water partition coefficient (Wildman–Crippen LogP) is -0.838. The van der Waals surface area contributed by atoms with Crippen molar-refractivity contribution in [2.45, 2.75) is 31.0 Å². The Morgan fingerprint density at radius 3 is 2.65 bits per heavy atom. The van der Waals surface area contributed by atoms with Crippen LogP contribution in [0.2, 0.25) is 0 Å². The molecule has 1 aromatic rings. The maximum absolute atomic E-state index is 12.6. The van der Waals surface area contributed by atoms with Crippen LogP contribution in [0.3, 0.4) is 0 Å². The van der Waals surface area contributed by atoms with Crippen LogP contribution >= 0.6 is 0 Å². The Labute approximate surface area is 109 Å². The van der Waals surface area contributed by atoms with Crippen LogP contribution < -0.4 is 17.0 Å². The van der Waals surface area contributed by atoms with Gasteiger partial charge in [0.2, 0.25) is 0 Å². The highest BCUT2D eigenvalue weighted by molar-refractivity contribution is 5.09. The van der Waals surface area contributed by atoms with Gasteiger partial charge in [-0.15, -0.1) is 0 Å². The predicted molar refractivity (Wildman–Crippen MR) is 59.9 cm³/mol. The molecule has 0 bridgehead atoms. The maximum Gasteiger partial charge on any atom is 0.423 e. The molecule has 1 aliphatic heterocycles. The fourth-order valence-electron chi connectivity index (χ4n) is 2.00. The van der Waals surface area contributed by atoms with Crippen molar-refractivity contribution in [3.63, 3.8) is 0 Å². The third-order valence-electron chi connectivity index (χ3n) is 3.05. The summed E-state index contributed by atoms with van der Waals surface area (Å²) in [4.78, 5) is 24.3. The molecule has 0 unspecified atom stereocenters. The lowest BCUT2D eigenvalue weighted by Gasteiger charge is -2.16. The zero-order chi connectivity index (χ0) is 15.1. The number of aliphatic hydroxyl groups is 1. The van der Waals surface area contributed by atoms with E-state index in [0.717, 1.165) is 0 Å². The molecule has 112 valence electrons. The minimum atomic E-state index is -4.89. The van der Waals surface area contributed by atoms with Crippen molar-refractivity contribution in [1.82, 2.24) is 9.55 Å². The van der Waals surface area contributed by atoms with Gasteiger partial charge in [0, 0.05) is 18.7 Å². The molecule has 0 aromatic carbocycles. The number of nitrogens with one attached hydrogen (secondary N) is 1. The van der Waals surface area contributed by atoms with Crippen molar-refractivity contribution in [1.29, 1.82) is 0 Å². The van der Waals surface area contributed by atoms with Crippen LogP contribution in [0.4, 0.5) is 13.2 Å². The van der Waals surface area contributed by atoms with Crippen molar-refractivity contribution < 1.29 is 23.0 Å². The molecule has 0 amide bonds. The van der Waals surface area contributed by atoms with E-state index in [9.17, 15) is 22.8 Å². The second-order valence-electron chi connectivity index (χ2n) is 4.42. The summed E-state index contributed by atoms with van der Waals surface area (Å²) in [5, 5.41) is 8.97. The van der Waals surface area contributed by atoms with Crippen molar-refractivity contribution in [3.8, 4) is 0 Å². The Kier molecular flexibility index (Phi) is 3.71. The summed E-state index contributed by atoms with van der Waals surface area (Å²) in [5.74, 6) is 0. The molecule has 1 aromatic heterocycles. The van der Waals surface area contributed by atoms with E-state index in [1.807, 2.05) is 0 Å². The van der Waals surface area contributed by atoms with Crippen LogP contribution in [0.5, 0.6) is 0 Å². The largest absolute Gasteiger partial charge is 0.423 e. The number of alkyl halides is 3. The highest BCUT2D eigenvalue weighted by atomic mass is 19.4. The number of hydrogen-bond acceptors (Lipinski definition) is 5. The van der Waals surface area contributed by atoms with Crippen molar-refractivity contribution >= 4 is 0 Å². The summed E-state index contributed by atoms with van der Waals surface area (Å²) in [5.41, 5.74) is 1.59. The molecule has 0 radical (unpaired) electrons. The fraction of sp³-hybridized carbons (Fsp3) is 0.600. The Hall–Kier alpha value is -1.65. The number of rotatable bonds is 2. The Balaban J connectivity index is 2.43. The molecule has 10 heteroatoms. The highest BCUT2D eigenvalue weighted by Crippen LogP contribution is 2.29. The molecule has 3 atom stereocenters. The second-order valence-corrected chi connectivity index (χ2v) is 4.42. The third kappa shape index (κ3) is 2.62. The third-order valence-corrected chi connectivity index (χ3v) is 3.05. The van der Waals surface area contributed by atoms with E-state index < -0.39 is 48.0 Å². The molecule has 20 heavy (non-hydrogen) atoms. The number of aromatic amines is 1. The summed E-state index contributed by atoms with van der Waals surface area (Å²) in [6.45, 7) is -0.415. The smallest absolute Gasteiger partial charge is 0.394 e. The number of nitrogens with zero attached hydrogens (tertiary/aromatic N) is 1. The minimum Gasteiger partial charge on any atom is -0.394 e. The van der Waals surface area contributed by atoms with Gasteiger partial charge >= 0.3 is 11.9 Å². The highest BCUT2D eigenvalue weighted by Gasteiger charge is 2.38. The monoisotopic (exact) mass is 295 g/mol. The van der Waals surface area contributed by atoms with E-state index in [1.165, 1.54) is 0 Å². The minimum absolute atomic E-state index is 0.0501. The van der Waals surface area contributed by atoms with Crippen LogP contribution in [-0.2, 0) is 10.9 Å². The zero-order valence-electron chi connectivity index (χ0n) is 10.1. The molecule has 7 nitrogen and oxygen atoms in total. The average Bonchev–Trinajstić information content (AvgIpc) is 2.68. The van der Waals surface area contributed by atoms with Crippen molar-refractivity contribution in [3.05, 3.63) is 32.6 Å². The molecule has 2 rings (SSSR count). The Bertz CT molecular complexity index is 609. The van der Waals surface area contributed by atoms with Crippen LogP contribution in [0.15, 0.2) is 15.8 Å². The SMILES string of the molecule is N[C@H]1C[C@H](n2cc(C(F)(F)F)c(=O)[nH]c2=O)O[C@@H]1CO. The summed E-state index contributed by atoms with van der Waals surface area (Å²) >= 11 is 0. The first kappa shape index (κ1) is 14.8. The second kappa shape index (κ2) is 5.04. The van der Waals surface area contributed by atoms with Gasteiger partial charge in [-0.05, 0) is 0 Å². The average molecular weight is 295 g/mol. The van der Waals surface area contributed by atoms with Crippen molar-refractivity contribution in [2.24, 2.45) is 5.73 Å². The van der Waals surface area contributed by atoms with E-state index in [1.54, 1.807) is 4.98 Å². The maximum atomic E-state index is 12.6. The molecular weight excluding hydrogens is 283 g/mol. The topological polar surface area (TPSA) is 110 Å². The van der Waals surface area contributed by atoms with Crippen molar-refractivity contribution in [2.75, 3.05) is 6.61 Å². The molecule has 0 aliphatic carbocycles. The van der Waals surface area contributed by atoms with Gasteiger partial charge in [0.25, 0.3) is 5.56 Å². The van der Waals surface area contributed by atoms with Gasteiger partial charge in [-0.3, -0.25) is 14.3 Å². The van der Waals surface area contributed by atoms with Gasteiger partial charge in [0.1, 0.15) is 11.8 Å². The Morgan fingerprint density at radius 1 is 1.50 bits per heavy atom. The van der Waals surface area contributed by atoms with Crippen LogP contribution in [0.1, 0.15) is 18.2 Å². The van der Waals surface area contributed by atoms with E-state index >= 15 is 0 Å². The molecule has 1 aliphatic rings. The van der Waals surface area contributed by atoms with E-state index in [4.69, 9.17) is 15.6 Å². The lowest BCUT2D eigenvalue weighted by atomic mass is 10.1. The van der Waals surface area contributed by atoms with Gasteiger partial charge in [0.15, 0.2) is 0 Å². The molecule has 0 saturated carbocycles. The quantitative estimate of drug-likeness (QED) is 0.659. The van der Waals surface area contributed by atoms with Gasteiger partial charge < -0.3 is 15.6 Å². The number of nitrogens with two attached hydrogens (primary N) is 1. The first-order chi connectivity index (χ1) is 9.24. The number of aliphatic hydroxyl groups excluding tert-OH is 1. The van der Waals surface area contributed by atoms with E-state index in [0.29, 0.717) is 10.8 Å². The Morgan fingerprint density at radius 2 is 2.15 bits per heavy atom. The molecule has 1 fully saturated rings. The molecule has 4 N–H and O–H groups in total. The number of hydrogen-bond donors (Lipinski definition) is 3. The summed E-state index contributed by atoms with van der Waals surface area (Å²) in [6, 6.07) is -0.613. The number of ether oxygens (including phenoxy) is 1. The first-order valence-corrected chi connectivity index (χ1v) is 5.68. The van der Waals surface area contributed by atoms with E-state index in [2.05, 4.69) is 0 Å². The normalized spacial score (nSPS) is 26.9. The fourth-order valence-corrected chi connectivity index (χ4v) is 2.00. The van der Waals surface area contributed by atoms with Crippen LogP contribution in [-0.4, -0.2) is 33.4 Å². The first-order valence-electron chi connectivity index (χ1n) is 5.68. The van der Waals surface area contributed by atoms with Gasteiger partial charge in [-0.1, -0.05) is 0 Å². The van der Waals surface area contributed by atoms with Gasteiger partial charge in [-0.2, -0.15) is 13.2 Å². The number of H-pyrrole nitrogens is 1. The summed E-state index contributed by atoms with van der Waals surface area (Å²) in [7, 11) is 0. The van der Waals surface area contributed by atoms with Crippen LogP contribution in [0.25, 0.3) is 0 Å². The molecule has 1 saturated heterocycles. The summed E-state index contributed by atoms with van der Waals surface area (Å²) < 4.78 is 43.7. The number of halogens is 3. The lowest BCUT2D eigenvalue weighted by Crippen LogP contribution is -2.36. The van der Waals surface area contributed by atoms with Gasteiger partial charge in [0.05, 0.1) is 12.7 Å². The molecule has 2 heterocycles. The molecule has 0 spiro atoms. The van der Waals surface area contributed by atoms with Gasteiger partial charge in [-0.25, -0.2) is 4.79 Å².